The molecule has 1 aromatic heterocycles. The van der Waals surface area contributed by atoms with Gasteiger partial charge in [-0.2, -0.15) is 0 Å². The molecule has 1 heteroatoms. The van der Waals surface area contributed by atoms with Gasteiger partial charge in [-0.05, 0) is 31.0 Å². The first-order valence-electron chi connectivity index (χ1n) is 6.46. The molecule has 0 spiro atoms. The maximum absolute atomic E-state index is 5.90. The van der Waals surface area contributed by atoms with E-state index in [2.05, 4.69) is 50.2 Å². The van der Waals surface area contributed by atoms with Crippen LogP contribution in [0.3, 0.4) is 0 Å². The topological polar surface area (TPSA) is 13.1 Å². The molecule has 0 aliphatic rings. The van der Waals surface area contributed by atoms with Gasteiger partial charge >= 0.3 is 0 Å². The first-order chi connectivity index (χ1) is 8.31. The Morgan fingerprint density at radius 3 is 2.59 bits per heavy atom. The first-order valence-corrected chi connectivity index (χ1v) is 6.46. The Hall–Kier alpha value is -1.50. The van der Waals surface area contributed by atoms with Crippen molar-refractivity contribution < 1.29 is 4.42 Å². The molecule has 0 bridgehead atoms. The number of furan rings is 1. The molecule has 0 aliphatic heterocycles. The number of rotatable bonds is 5. The highest BCUT2D eigenvalue weighted by Gasteiger charge is 2.06. The third kappa shape index (κ3) is 3.00. The molecule has 0 unspecified atom stereocenters. The highest BCUT2D eigenvalue weighted by atomic mass is 16.3. The molecule has 2 rings (SSSR count). The second-order valence-corrected chi connectivity index (χ2v) is 4.54. The van der Waals surface area contributed by atoms with E-state index in [-0.39, 0.29) is 0 Å². The quantitative estimate of drug-likeness (QED) is 0.657. The van der Waals surface area contributed by atoms with E-state index in [4.69, 9.17) is 4.42 Å². The van der Waals surface area contributed by atoms with Crippen LogP contribution in [0, 0.1) is 6.92 Å². The summed E-state index contributed by atoms with van der Waals surface area (Å²) < 4.78 is 5.90. The summed E-state index contributed by atoms with van der Waals surface area (Å²) in [7, 11) is 0. The summed E-state index contributed by atoms with van der Waals surface area (Å²) in [5.41, 5.74) is 2.47. The van der Waals surface area contributed by atoms with Crippen LogP contribution in [-0.4, -0.2) is 0 Å². The predicted octanol–water partition coefficient (Wildman–Crippen LogP) is 4.99. The Morgan fingerprint density at radius 2 is 1.82 bits per heavy atom. The molecular formula is C16H20O. The molecule has 1 heterocycles. The standard InChI is InChI=1S/C16H20O/c1-3-4-5-9-14-11-12-16(17-14)15-10-7-6-8-13(15)2/h6-8,10-12H,3-5,9H2,1-2H3. The van der Waals surface area contributed by atoms with E-state index in [0.717, 1.165) is 17.9 Å². The summed E-state index contributed by atoms with van der Waals surface area (Å²) in [4.78, 5) is 0. The highest BCUT2D eigenvalue weighted by Crippen LogP contribution is 2.25. The van der Waals surface area contributed by atoms with Gasteiger partial charge in [0.2, 0.25) is 0 Å². The highest BCUT2D eigenvalue weighted by molar-refractivity contribution is 5.61. The predicted molar refractivity (Wildman–Crippen MR) is 72.1 cm³/mol. The van der Waals surface area contributed by atoms with E-state index in [1.807, 2.05) is 0 Å². The van der Waals surface area contributed by atoms with Gasteiger partial charge in [0.15, 0.2) is 0 Å². The fraction of sp³-hybridized carbons (Fsp3) is 0.375. The zero-order chi connectivity index (χ0) is 12.1. The van der Waals surface area contributed by atoms with Crippen molar-refractivity contribution in [3.8, 4) is 11.3 Å². The molecule has 1 aromatic carbocycles. The van der Waals surface area contributed by atoms with Gasteiger partial charge in [0, 0.05) is 12.0 Å². The van der Waals surface area contributed by atoms with Crippen molar-refractivity contribution in [1.82, 2.24) is 0 Å². The number of hydrogen-bond donors (Lipinski definition) is 0. The molecule has 0 N–H and O–H groups in total. The van der Waals surface area contributed by atoms with Crippen molar-refractivity contribution in [2.75, 3.05) is 0 Å². The van der Waals surface area contributed by atoms with Crippen LogP contribution < -0.4 is 0 Å². The zero-order valence-corrected chi connectivity index (χ0v) is 10.7. The lowest BCUT2D eigenvalue weighted by Crippen LogP contribution is -1.82. The molecule has 17 heavy (non-hydrogen) atoms. The molecule has 0 radical (unpaired) electrons. The van der Waals surface area contributed by atoms with Gasteiger partial charge in [0.05, 0.1) is 0 Å². The van der Waals surface area contributed by atoms with E-state index in [1.165, 1.54) is 30.4 Å². The van der Waals surface area contributed by atoms with E-state index in [0.29, 0.717) is 0 Å². The number of unbranched alkanes of at least 4 members (excludes halogenated alkanes) is 2. The third-order valence-corrected chi connectivity index (χ3v) is 3.10. The van der Waals surface area contributed by atoms with Gasteiger partial charge < -0.3 is 4.42 Å². The molecule has 2 aromatic rings. The van der Waals surface area contributed by atoms with Crippen molar-refractivity contribution >= 4 is 0 Å². The molecule has 0 saturated carbocycles. The maximum Gasteiger partial charge on any atom is 0.134 e. The minimum atomic E-state index is 0.995. The van der Waals surface area contributed by atoms with Crippen molar-refractivity contribution in [1.29, 1.82) is 0 Å². The van der Waals surface area contributed by atoms with Crippen LogP contribution in [0.5, 0.6) is 0 Å². The zero-order valence-electron chi connectivity index (χ0n) is 10.7. The van der Waals surface area contributed by atoms with Crippen molar-refractivity contribution in [3.05, 3.63) is 47.7 Å². The van der Waals surface area contributed by atoms with Crippen LogP contribution in [0.15, 0.2) is 40.8 Å². The fourth-order valence-corrected chi connectivity index (χ4v) is 2.06. The van der Waals surface area contributed by atoms with E-state index in [1.54, 1.807) is 0 Å². The molecule has 90 valence electrons. The van der Waals surface area contributed by atoms with Gasteiger partial charge in [-0.15, -0.1) is 0 Å². The van der Waals surface area contributed by atoms with Gasteiger partial charge in [0.1, 0.15) is 11.5 Å². The van der Waals surface area contributed by atoms with Crippen LogP contribution in [-0.2, 0) is 6.42 Å². The van der Waals surface area contributed by atoms with Crippen LogP contribution >= 0.6 is 0 Å². The van der Waals surface area contributed by atoms with Crippen LogP contribution in [0.25, 0.3) is 11.3 Å². The second kappa shape index (κ2) is 5.72. The summed E-state index contributed by atoms with van der Waals surface area (Å²) in [6.07, 6.45) is 4.81. The summed E-state index contributed by atoms with van der Waals surface area (Å²) in [6.45, 7) is 4.34. The Kier molecular flexibility index (Phi) is 4.03. The number of benzene rings is 1. The lowest BCUT2D eigenvalue weighted by atomic mass is 10.1. The monoisotopic (exact) mass is 228 g/mol. The molecule has 0 saturated heterocycles. The van der Waals surface area contributed by atoms with Crippen LogP contribution in [0.2, 0.25) is 0 Å². The van der Waals surface area contributed by atoms with E-state index >= 15 is 0 Å². The van der Waals surface area contributed by atoms with Gasteiger partial charge in [-0.1, -0.05) is 44.0 Å². The normalized spacial score (nSPS) is 10.7. The van der Waals surface area contributed by atoms with E-state index in [9.17, 15) is 0 Å². The smallest absolute Gasteiger partial charge is 0.134 e. The van der Waals surface area contributed by atoms with Gasteiger partial charge in [-0.25, -0.2) is 0 Å². The molecule has 0 amide bonds. The average molecular weight is 228 g/mol. The van der Waals surface area contributed by atoms with E-state index < -0.39 is 0 Å². The molecule has 0 aliphatic carbocycles. The summed E-state index contributed by atoms with van der Waals surface area (Å²) in [5, 5.41) is 0. The summed E-state index contributed by atoms with van der Waals surface area (Å²) >= 11 is 0. The van der Waals surface area contributed by atoms with Crippen molar-refractivity contribution in [2.24, 2.45) is 0 Å². The molecule has 0 atom stereocenters. The largest absolute Gasteiger partial charge is 0.461 e. The number of aryl methyl sites for hydroxylation is 2. The first kappa shape index (κ1) is 12.0. The molecular weight excluding hydrogens is 208 g/mol. The second-order valence-electron chi connectivity index (χ2n) is 4.54. The van der Waals surface area contributed by atoms with Gasteiger partial charge in [0.25, 0.3) is 0 Å². The third-order valence-electron chi connectivity index (χ3n) is 3.10. The molecule has 1 nitrogen and oxygen atoms in total. The average Bonchev–Trinajstić information content (AvgIpc) is 2.79. The maximum atomic E-state index is 5.90. The minimum absolute atomic E-state index is 0.995. The molecule has 0 fully saturated rings. The Labute approximate surface area is 103 Å². The van der Waals surface area contributed by atoms with Crippen LogP contribution in [0.1, 0.15) is 37.5 Å². The lowest BCUT2D eigenvalue weighted by Gasteiger charge is -2.01. The SMILES string of the molecule is CCCCCc1ccc(-c2ccccc2C)o1. The minimum Gasteiger partial charge on any atom is -0.461 e. The van der Waals surface area contributed by atoms with Gasteiger partial charge in [-0.3, -0.25) is 0 Å². The Bertz CT molecular complexity index is 468. The summed E-state index contributed by atoms with van der Waals surface area (Å²) in [5.74, 6) is 2.10. The fourth-order valence-electron chi connectivity index (χ4n) is 2.06. The number of hydrogen-bond acceptors (Lipinski definition) is 1. The van der Waals surface area contributed by atoms with Crippen molar-refractivity contribution in [2.45, 2.75) is 39.5 Å². The van der Waals surface area contributed by atoms with Crippen LogP contribution in [0.4, 0.5) is 0 Å². The Balaban J connectivity index is 2.10. The Morgan fingerprint density at radius 1 is 1.00 bits per heavy atom. The lowest BCUT2D eigenvalue weighted by molar-refractivity contribution is 0.508. The summed E-state index contributed by atoms with van der Waals surface area (Å²) in [6, 6.07) is 12.5. The van der Waals surface area contributed by atoms with Crippen molar-refractivity contribution in [3.63, 3.8) is 0 Å².